The second-order valence-corrected chi connectivity index (χ2v) is 7.42. The summed E-state index contributed by atoms with van der Waals surface area (Å²) in [5, 5.41) is 43.8. The number of phenolic OH excluding ortho intramolecular Hbond substituents is 1. The van der Waals surface area contributed by atoms with Gasteiger partial charge in [-0.2, -0.15) is 15.3 Å². The first-order valence-electron chi connectivity index (χ1n) is 10.6. The summed E-state index contributed by atoms with van der Waals surface area (Å²) in [7, 11) is 0. The zero-order valence-corrected chi connectivity index (χ0v) is 18.3. The number of nitrogens with one attached hydrogen (secondary N) is 1. The van der Waals surface area contributed by atoms with Gasteiger partial charge < -0.3 is 10.8 Å². The SMILES string of the molecule is Nc1[nH]nc(N=Nc2c(O)ccc3ccccc23)c1N=Nc1ccc(N=Nc2ccccc2)cc1. The molecule has 10 nitrogen and oxygen atoms in total. The molecule has 0 saturated heterocycles. The Bertz CT molecular complexity index is 1560. The molecule has 5 aromatic rings. The number of hydrogen-bond acceptors (Lipinski definition) is 9. The van der Waals surface area contributed by atoms with Gasteiger partial charge in [0.1, 0.15) is 17.3 Å². The zero-order valence-electron chi connectivity index (χ0n) is 18.3. The van der Waals surface area contributed by atoms with Crippen LogP contribution in [0, 0.1) is 0 Å². The molecule has 10 heteroatoms. The maximum Gasteiger partial charge on any atom is 0.225 e. The number of azo groups is 3. The van der Waals surface area contributed by atoms with Gasteiger partial charge in [-0.3, -0.25) is 5.10 Å². The monoisotopic (exact) mass is 461 g/mol. The minimum atomic E-state index is 0.00337. The molecule has 0 aliphatic carbocycles. The van der Waals surface area contributed by atoms with Crippen molar-refractivity contribution in [3.63, 3.8) is 0 Å². The fourth-order valence-corrected chi connectivity index (χ4v) is 3.26. The van der Waals surface area contributed by atoms with Gasteiger partial charge in [0.05, 0.1) is 17.1 Å². The molecule has 1 aromatic heterocycles. The maximum atomic E-state index is 10.3. The summed E-state index contributed by atoms with van der Waals surface area (Å²) in [6, 6.07) is 27.5. The molecule has 5 rings (SSSR count). The first kappa shape index (κ1) is 21.6. The van der Waals surface area contributed by atoms with E-state index in [4.69, 9.17) is 5.73 Å². The second-order valence-electron chi connectivity index (χ2n) is 7.42. The van der Waals surface area contributed by atoms with E-state index in [0.717, 1.165) is 16.5 Å². The van der Waals surface area contributed by atoms with Crippen LogP contribution in [0.4, 0.5) is 40.1 Å². The van der Waals surface area contributed by atoms with Crippen LogP contribution >= 0.6 is 0 Å². The van der Waals surface area contributed by atoms with Gasteiger partial charge in [0.2, 0.25) is 5.82 Å². The predicted molar refractivity (Wildman–Crippen MR) is 134 cm³/mol. The number of aromatic amines is 1. The lowest BCUT2D eigenvalue weighted by atomic mass is 10.1. The summed E-state index contributed by atoms with van der Waals surface area (Å²) >= 11 is 0. The van der Waals surface area contributed by atoms with Crippen LogP contribution in [-0.4, -0.2) is 15.3 Å². The average molecular weight is 461 g/mol. The smallest absolute Gasteiger partial charge is 0.225 e. The van der Waals surface area contributed by atoms with Crippen molar-refractivity contribution in [3.8, 4) is 5.75 Å². The van der Waals surface area contributed by atoms with E-state index in [0.29, 0.717) is 17.1 Å². The minimum Gasteiger partial charge on any atom is -0.506 e. The lowest BCUT2D eigenvalue weighted by Gasteiger charge is -2.03. The molecule has 0 amide bonds. The molecule has 0 saturated carbocycles. The van der Waals surface area contributed by atoms with Gasteiger partial charge in [0.25, 0.3) is 0 Å². The summed E-state index contributed by atoms with van der Waals surface area (Å²) in [5.41, 5.74) is 8.56. The third-order valence-corrected chi connectivity index (χ3v) is 5.03. The molecule has 4 N–H and O–H groups in total. The Labute approximate surface area is 199 Å². The van der Waals surface area contributed by atoms with Crippen LogP contribution < -0.4 is 5.73 Å². The number of aromatic hydroxyl groups is 1. The Morgan fingerprint density at radius 3 is 1.94 bits per heavy atom. The third kappa shape index (κ3) is 4.91. The van der Waals surface area contributed by atoms with Crippen LogP contribution in [0.15, 0.2) is 122 Å². The molecule has 4 aromatic carbocycles. The molecule has 0 fully saturated rings. The van der Waals surface area contributed by atoms with Crippen molar-refractivity contribution in [1.29, 1.82) is 0 Å². The summed E-state index contributed by atoms with van der Waals surface area (Å²) in [4.78, 5) is 0. The highest BCUT2D eigenvalue weighted by atomic mass is 16.3. The molecule has 0 spiro atoms. The average Bonchev–Trinajstić information content (AvgIpc) is 3.26. The van der Waals surface area contributed by atoms with Gasteiger partial charge in [-0.25, -0.2) is 0 Å². The maximum absolute atomic E-state index is 10.3. The highest BCUT2D eigenvalue weighted by Crippen LogP contribution is 2.38. The van der Waals surface area contributed by atoms with E-state index >= 15 is 0 Å². The highest BCUT2D eigenvalue weighted by Gasteiger charge is 2.12. The first-order valence-corrected chi connectivity index (χ1v) is 10.6. The number of nitrogens with two attached hydrogens (primary N) is 1. The van der Waals surface area contributed by atoms with Gasteiger partial charge in [-0.05, 0) is 47.9 Å². The van der Waals surface area contributed by atoms with E-state index in [2.05, 4.69) is 40.9 Å². The van der Waals surface area contributed by atoms with Gasteiger partial charge in [0.15, 0.2) is 5.69 Å². The fourth-order valence-electron chi connectivity index (χ4n) is 3.26. The van der Waals surface area contributed by atoms with Crippen LogP contribution in [0.1, 0.15) is 0 Å². The first-order chi connectivity index (χ1) is 17.2. The largest absolute Gasteiger partial charge is 0.506 e. The topological polar surface area (TPSA) is 149 Å². The van der Waals surface area contributed by atoms with Crippen molar-refractivity contribution < 1.29 is 5.11 Å². The molecule has 1 heterocycles. The highest BCUT2D eigenvalue weighted by molar-refractivity contribution is 5.95. The Morgan fingerprint density at radius 2 is 1.20 bits per heavy atom. The van der Waals surface area contributed by atoms with E-state index in [1.54, 1.807) is 30.3 Å². The Kier molecular flexibility index (Phi) is 5.99. The number of H-pyrrole nitrogens is 1. The van der Waals surface area contributed by atoms with Gasteiger partial charge in [-0.15, -0.1) is 20.4 Å². The molecule has 0 unspecified atom stereocenters. The van der Waals surface area contributed by atoms with Crippen LogP contribution in [0.2, 0.25) is 0 Å². The fraction of sp³-hybridized carbons (Fsp3) is 0. The summed E-state index contributed by atoms with van der Waals surface area (Å²) in [5.74, 6) is 0.341. The molecule has 0 aliphatic heterocycles. The van der Waals surface area contributed by atoms with E-state index in [9.17, 15) is 5.11 Å². The molecular formula is C25H19N9O. The van der Waals surface area contributed by atoms with Crippen molar-refractivity contribution in [2.45, 2.75) is 0 Å². The molecule has 0 atom stereocenters. The number of fused-ring (bicyclic) bond motifs is 1. The van der Waals surface area contributed by atoms with Crippen LogP contribution in [0.3, 0.4) is 0 Å². The Morgan fingerprint density at radius 1 is 0.600 bits per heavy atom. The molecule has 170 valence electrons. The van der Waals surface area contributed by atoms with Crippen molar-refractivity contribution in [2.75, 3.05) is 5.73 Å². The van der Waals surface area contributed by atoms with Gasteiger partial charge in [-0.1, -0.05) is 48.5 Å². The molecule has 0 bridgehead atoms. The molecule has 0 aliphatic rings. The van der Waals surface area contributed by atoms with Crippen LogP contribution in [0.5, 0.6) is 5.75 Å². The number of aromatic nitrogens is 2. The Balaban J connectivity index is 1.35. The van der Waals surface area contributed by atoms with Gasteiger partial charge in [0, 0.05) is 5.39 Å². The third-order valence-electron chi connectivity index (χ3n) is 5.03. The van der Waals surface area contributed by atoms with E-state index < -0.39 is 0 Å². The predicted octanol–water partition coefficient (Wildman–Crippen LogP) is 8.10. The normalized spacial score (nSPS) is 11.9. The standard InChI is InChI=1S/C25H19N9O/c26-24-23(31-29-19-13-11-18(12-14-19)28-27-17-7-2-1-3-8-17)25(34-32-24)33-30-22-20-9-5-4-6-16(20)10-15-21(22)35/h1-15,35H,(H3,26,32,34). The summed E-state index contributed by atoms with van der Waals surface area (Å²) in [6.45, 7) is 0. The van der Waals surface area contributed by atoms with Crippen molar-refractivity contribution in [2.24, 2.45) is 30.7 Å². The number of hydrogen-bond donors (Lipinski definition) is 3. The number of nitrogens with zero attached hydrogens (tertiary/aromatic N) is 7. The Hall–Kier alpha value is -5.25. The van der Waals surface area contributed by atoms with Crippen molar-refractivity contribution >= 4 is 50.8 Å². The van der Waals surface area contributed by atoms with E-state index in [1.165, 1.54) is 0 Å². The molecule has 0 radical (unpaired) electrons. The number of benzene rings is 4. The van der Waals surface area contributed by atoms with Crippen molar-refractivity contribution in [1.82, 2.24) is 10.2 Å². The number of anilines is 1. The second kappa shape index (κ2) is 9.71. The summed E-state index contributed by atoms with van der Waals surface area (Å²) < 4.78 is 0. The quantitative estimate of drug-likeness (QED) is 0.219. The molecule has 35 heavy (non-hydrogen) atoms. The number of rotatable bonds is 6. The van der Waals surface area contributed by atoms with E-state index in [-0.39, 0.29) is 23.1 Å². The van der Waals surface area contributed by atoms with Crippen molar-refractivity contribution in [3.05, 3.63) is 91.0 Å². The molecular weight excluding hydrogens is 442 g/mol. The van der Waals surface area contributed by atoms with Crippen LogP contribution in [-0.2, 0) is 0 Å². The lowest BCUT2D eigenvalue weighted by Crippen LogP contribution is -1.82. The number of phenols is 1. The zero-order chi connectivity index (χ0) is 24.0. The van der Waals surface area contributed by atoms with Crippen LogP contribution in [0.25, 0.3) is 10.8 Å². The lowest BCUT2D eigenvalue weighted by molar-refractivity contribution is 0.477. The minimum absolute atomic E-state index is 0.00337. The summed E-state index contributed by atoms with van der Waals surface area (Å²) in [6.07, 6.45) is 0. The number of nitrogen functional groups attached to an aromatic ring is 1. The van der Waals surface area contributed by atoms with E-state index in [1.807, 2.05) is 60.7 Å². The van der Waals surface area contributed by atoms with Gasteiger partial charge >= 0.3 is 0 Å².